The zero-order chi connectivity index (χ0) is 11.8. The van der Waals surface area contributed by atoms with Gasteiger partial charge in [-0.3, -0.25) is 4.79 Å². The third-order valence-corrected chi connectivity index (χ3v) is 3.74. The molecule has 3 nitrogen and oxygen atoms in total. The molecule has 0 saturated heterocycles. The Labute approximate surface area is 94.7 Å². The van der Waals surface area contributed by atoms with Crippen LogP contribution >= 0.6 is 0 Å². The normalized spacial score (nSPS) is 16.3. The van der Waals surface area contributed by atoms with Crippen LogP contribution in [0.2, 0.25) is 0 Å². The third kappa shape index (κ3) is 2.07. The summed E-state index contributed by atoms with van der Waals surface area (Å²) in [6, 6.07) is 6.45. The molecule has 0 aliphatic heterocycles. The van der Waals surface area contributed by atoms with E-state index in [1.165, 1.54) is 18.4 Å². The second-order valence-electron chi connectivity index (χ2n) is 3.88. The topological polar surface area (TPSA) is 51.2 Å². The predicted octanol–water partition coefficient (Wildman–Crippen LogP) is 1.84. The van der Waals surface area contributed by atoms with E-state index < -0.39 is 9.84 Å². The van der Waals surface area contributed by atoms with Crippen molar-refractivity contribution in [1.29, 1.82) is 0 Å². The van der Waals surface area contributed by atoms with E-state index in [1.807, 2.05) is 6.08 Å². The van der Waals surface area contributed by atoms with Crippen LogP contribution in [-0.2, 0) is 14.6 Å². The molecular formula is C12H12O3S. The van der Waals surface area contributed by atoms with Gasteiger partial charge in [-0.2, -0.15) is 0 Å². The van der Waals surface area contributed by atoms with E-state index in [9.17, 15) is 13.2 Å². The number of ketones is 1. The number of Topliss-reactive ketones (excluding diaryl/α,β-unsaturated/α-hetero) is 1. The van der Waals surface area contributed by atoms with Gasteiger partial charge >= 0.3 is 0 Å². The van der Waals surface area contributed by atoms with Crippen molar-refractivity contribution >= 4 is 21.2 Å². The summed E-state index contributed by atoms with van der Waals surface area (Å²) in [6.07, 6.45) is 4.41. The zero-order valence-electron chi connectivity index (χ0n) is 8.93. The minimum Gasteiger partial charge on any atom is -0.294 e. The smallest absolute Gasteiger partial charge is 0.175 e. The number of rotatable bonds is 2. The van der Waals surface area contributed by atoms with Crippen LogP contribution in [0.5, 0.6) is 0 Å². The van der Waals surface area contributed by atoms with E-state index >= 15 is 0 Å². The lowest BCUT2D eigenvalue weighted by molar-refractivity contribution is -0.113. The average Bonchev–Trinajstić information content (AvgIpc) is 2.63. The highest BCUT2D eigenvalue weighted by Gasteiger charge is 2.17. The monoisotopic (exact) mass is 236 g/mol. The Morgan fingerprint density at radius 2 is 1.75 bits per heavy atom. The Bertz CT molecular complexity index is 550. The highest BCUT2D eigenvalue weighted by atomic mass is 32.2. The van der Waals surface area contributed by atoms with Crippen LogP contribution in [0.4, 0.5) is 0 Å². The summed E-state index contributed by atoms with van der Waals surface area (Å²) < 4.78 is 22.5. The standard InChI is InChI=1S/C12H12O3S/c1-16(14,15)10-7-5-9(6-8-10)11-3-2-4-12(11)13/h3,5-8H,2,4H2,1H3. The van der Waals surface area contributed by atoms with Crippen LogP contribution in [0, 0.1) is 0 Å². The van der Waals surface area contributed by atoms with Gasteiger partial charge in [-0.15, -0.1) is 0 Å². The molecule has 16 heavy (non-hydrogen) atoms. The molecule has 0 fully saturated rings. The first-order valence-corrected chi connectivity index (χ1v) is 6.91. The first-order chi connectivity index (χ1) is 7.48. The maximum Gasteiger partial charge on any atom is 0.175 e. The van der Waals surface area contributed by atoms with Crippen molar-refractivity contribution in [3.05, 3.63) is 35.9 Å². The van der Waals surface area contributed by atoms with Crippen molar-refractivity contribution in [2.24, 2.45) is 0 Å². The minimum atomic E-state index is -3.16. The Hall–Kier alpha value is -1.42. The molecule has 0 spiro atoms. The quantitative estimate of drug-likeness (QED) is 0.787. The van der Waals surface area contributed by atoms with Crippen LogP contribution in [-0.4, -0.2) is 20.5 Å². The molecule has 84 valence electrons. The number of carbonyl (C=O) groups is 1. The highest BCUT2D eigenvalue weighted by molar-refractivity contribution is 7.90. The lowest BCUT2D eigenvalue weighted by atomic mass is 10.1. The molecule has 0 atom stereocenters. The minimum absolute atomic E-state index is 0.132. The van der Waals surface area contributed by atoms with Crippen molar-refractivity contribution in [2.75, 3.05) is 6.26 Å². The van der Waals surface area contributed by atoms with E-state index in [4.69, 9.17) is 0 Å². The molecular weight excluding hydrogens is 224 g/mol. The largest absolute Gasteiger partial charge is 0.294 e. The van der Waals surface area contributed by atoms with Gasteiger partial charge in [0.2, 0.25) is 0 Å². The first kappa shape index (κ1) is 11.1. The summed E-state index contributed by atoms with van der Waals surface area (Å²) in [4.78, 5) is 11.7. The van der Waals surface area contributed by atoms with E-state index in [-0.39, 0.29) is 10.7 Å². The molecule has 1 aromatic rings. The van der Waals surface area contributed by atoms with Gasteiger partial charge < -0.3 is 0 Å². The number of carbonyl (C=O) groups excluding carboxylic acids is 1. The molecule has 1 aliphatic rings. The third-order valence-electron chi connectivity index (χ3n) is 2.61. The maximum atomic E-state index is 11.5. The van der Waals surface area contributed by atoms with Crippen molar-refractivity contribution < 1.29 is 13.2 Å². The molecule has 1 aromatic carbocycles. The number of hydrogen-bond donors (Lipinski definition) is 0. The van der Waals surface area contributed by atoms with Crippen LogP contribution < -0.4 is 0 Å². The van der Waals surface area contributed by atoms with E-state index in [0.29, 0.717) is 12.0 Å². The van der Waals surface area contributed by atoms with Gasteiger partial charge in [-0.25, -0.2) is 8.42 Å². The maximum absolute atomic E-state index is 11.5. The van der Waals surface area contributed by atoms with Crippen molar-refractivity contribution in [1.82, 2.24) is 0 Å². The highest BCUT2D eigenvalue weighted by Crippen LogP contribution is 2.25. The molecule has 0 amide bonds. The molecule has 0 heterocycles. The van der Waals surface area contributed by atoms with Gasteiger partial charge in [0.05, 0.1) is 4.90 Å². The molecule has 2 rings (SSSR count). The molecule has 1 aliphatic carbocycles. The summed E-state index contributed by atoms with van der Waals surface area (Å²) in [6.45, 7) is 0. The van der Waals surface area contributed by atoms with E-state index in [2.05, 4.69) is 0 Å². The fraction of sp³-hybridized carbons (Fsp3) is 0.250. The number of hydrogen-bond acceptors (Lipinski definition) is 3. The molecule has 0 N–H and O–H groups in total. The van der Waals surface area contributed by atoms with Crippen molar-refractivity contribution in [3.63, 3.8) is 0 Å². The Morgan fingerprint density at radius 3 is 2.19 bits per heavy atom. The molecule has 0 radical (unpaired) electrons. The Kier molecular flexibility index (Phi) is 2.68. The fourth-order valence-corrected chi connectivity index (χ4v) is 2.39. The molecule has 0 saturated carbocycles. The van der Waals surface area contributed by atoms with Crippen molar-refractivity contribution in [3.8, 4) is 0 Å². The van der Waals surface area contributed by atoms with Crippen LogP contribution in [0.1, 0.15) is 18.4 Å². The second kappa shape index (κ2) is 3.87. The van der Waals surface area contributed by atoms with Crippen molar-refractivity contribution in [2.45, 2.75) is 17.7 Å². The van der Waals surface area contributed by atoms with Gasteiger partial charge in [0.1, 0.15) is 0 Å². The Balaban J connectivity index is 2.37. The molecule has 0 bridgehead atoms. The van der Waals surface area contributed by atoms with Gasteiger partial charge in [0, 0.05) is 18.2 Å². The lowest BCUT2D eigenvalue weighted by Gasteiger charge is -2.02. The Morgan fingerprint density at radius 1 is 1.12 bits per heavy atom. The SMILES string of the molecule is CS(=O)(=O)c1ccc(C2=CCCC2=O)cc1. The van der Waals surface area contributed by atoms with E-state index in [0.717, 1.165) is 12.0 Å². The lowest BCUT2D eigenvalue weighted by Crippen LogP contribution is -1.98. The fourth-order valence-electron chi connectivity index (χ4n) is 1.76. The summed E-state index contributed by atoms with van der Waals surface area (Å²) >= 11 is 0. The summed E-state index contributed by atoms with van der Waals surface area (Å²) in [5.41, 5.74) is 1.51. The summed E-state index contributed by atoms with van der Waals surface area (Å²) in [5, 5.41) is 0. The predicted molar refractivity (Wildman–Crippen MR) is 61.8 cm³/mol. The van der Waals surface area contributed by atoms with Crippen LogP contribution in [0.25, 0.3) is 5.57 Å². The van der Waals surface area contributed by atoms with Gasteiger partial charge in [0.15, 0.2) is 15.6 Å². The number of benzene rings is 1. The van der Waals surface area contributed by atoms with Gasteiger partial charge in [0.25, 0.3) is 0 Å². The average molecular weight is 236 g/mol. The van der Waals surface area contributed by atoms with Crippen LogP contribution in [0.15, 0.2) is 35.2 Å². The number of sulfone groups is 1. The van der Waals surface area contributed by atoms with Crippen LogP contribution in [0.3, 0.4) is 0 Å². The van der Waals surface area contributed by atoms with Gasteiger partial charge in [-0.1, -0.05) is 18.2 Å². The summed E-state index contributed by atoms with van der Waals surface area (Å²) in [7, 11) is -3.16. The van der Waals surface area contributed by atoms with Gasteiger partial charge in [-0.05, 0) is 24.1 Å². The molecule has 0 unspecified atom stereocenters. The summed E-state index contributed by atoms with van der Waals surface area (Å²) in [5.74, 6) is 0.132. The zero-order valence-corrected chi connectivity index (χ0v) is 9.75. The second-order valence-corrected chi connectivity index (χ2v) is 5.89. The molecule has 4 heteroatoms. The molecule has 0 aromatic heterocycles. The van der Waals surface area contributed by atoms with E-state index in [1.54, 1.807) is 12.1 Å². The first-order valence-electron chi connectivity index (χ1n) is 5.02. The number of allylic oxidation sites excluding steroid dienone is 2.